The monoisotopic (exact) mass is 265 g/mol. The lowest BCUT2D eigenvalue weighted by Gasteiger charge is -2.20. The zero-order chi connectivity index (χ0) is 12.9. The molecule has 0 bridgehead atoms. The van der Waals surface area contributed by atoms with E-state index in [9.17, 15) is 0 Å². The largest absolute Gasteiger partial charge is 0.540 e. The first kappa shape index (κ1) is 14.2. The molecular weight excluding hydrogens is 244 g/mol. The van der Waals surface area contributed by atoms with Crippen LogP contribution in [0.3, 0.4) is 0 Å². The predicted octanol–water partition coefficient (Wildman–Crippen LogP) is 3.72. The lowest BCUT2D eigenvalue weighted by atomic mass is 10.2. The van der Waals surface area contributed by atoms with E-state index < -0.39 is 17.4 Å². The van der Waals surface area contributed by atoms with Gasteiger partial charge in [-0.25, -0.2) is 0 Å². The summed E-state index contributed by atoms with van der Waals surface area (Å²) in [4.78, 5) is 0. The molecule has 0 saturated carbocycles. The van der Waals surface area contributed by atoms with Crippen molar-refractivity contribution in [3.05, 3.63) is 36.4 Å². The molecule has 0 saturated heterocycles. The van der Waals surface area contributed by atoms with Gasteiger partial charge in [0.2, 0.25) is 0 Å². The summed E-state index contributed by atoms with van der Waals surface area (Å²) < 4.78 is 11.7. The van der Waals surface area contributed by atoms with Crippen LogP contribution >= 0.6 is 0 Å². The normalized spacial score (nSPS) is 11.6. The first-order valence-electron chi connectivity index (χ1n) is 5.77. The van der Waals surface area contributed by atoms with Gasteiger partial charge in [-0.2, -0.15) is 0 Å². The van der Waals surface area contributed by atoms with Crippen LogP contribution in [0.5, 0.6) is 5.75 Å². The molecule has 1 aromatic carbocycles. The van der Waals surface area contributed by atoms with Crippen LogP contribution < -0.4 is 4.43 Å². The van der Waals surface area contributed by atoms with Crippen LogP contribution in [0.4, 0.5) is 0 Å². The van der Waals surface area contributed by atoms with Crippen molar-refractivity contribution in [1.29, 1.82) is 0 Å². The standard InChI is InChI=1S/C13H21O2Si2/c1-6-12-7-9-13(10-8-12)15-16(2)11-14-17(3,4)5/h6-10H,1,11H2,2-5H3. The van der Waals surface area contributed by atoms with E-state index >= 15 is 0 Å². The van der Waals surface area contributed by atoms with Crippen molar-refractivity contribution in [2.45, 2.75) is 26.2 Å². The first-order chi connectivity index (χ1) is 7.90. The lowest BCUT2D eigenvalue weighted by molar-refractivity contribution is 0.356. The fraction of sp³-hybridized carbons (Fsp3) is 0.385. The van der Waals surface area contributed by atoms with Gasteiger partial charge in [-0.15, -0.1) is 0 Å². The number of hydrogen-bond donors (Lipinski definition) is 0. The van der Waals surface area contributed by atoms with Crippen LogP contribution in [-0.4, -0.2) is 23.6 Å². The van der Waals surface area contributed by atoms with Crippen LogP contribution in [0.15, 0.2) is 30.8 Å². The molecule has 1 radical (unpaired) electrons. The molecule has 0 unspecified atom stereocenters. The lowest BCUT2D eigenvalue weighted by Crippen LogP contribution is -2.34. The zero-order valence-electron chi connectivity index (χ0n) is 11.1. The van der Waals surface area contributed by atoms with Gasteiger partial charge >= 0.3 is 9.04 Å². The van der Waals surface area contributed by atoms with E-state index in [2.05, 4.69) is 32.8 Å². The molecule has 0 aliphatic rings. The van der Waals surface area contributed by atoms with Crippen LogP contribution in [0.2, 0.25) is 26.2 Å². The Morgan fingerprint density at radius 1 is 1.24 bits per heavy atom. The van der Waals surface area contributed by atoms with Crippen molar-refractivity contribution in [3.8, 4) is 5.75 Å². The zero-order valence-corrected chi connectivity index (χ0v) is 13.1. The molecule has 2 nitrogen and oxygen atoms in total. The molecule has 17 heavy (non-hydrogen) atoms. The highest BCUT2D eigenvalue weighted by molar-refractivity contribution is 6.70. The van der Waals surface area contributed by atoms with E-state index in [0.29, 0.717) is 0 Å². The highest BCUT2D eigenvalue weighted by Crippen LogP contribution is 2.14. The molecule has 93 valence electrons. The van der Waals surface area contributed by atoms with Crippen molar-refractivity contribution in [2.75, 3.05) is 6.23 Å². The minimum Gasteiger partial charge on any atom is -0.540 e. The Morgan fingerprint density at radius 2 is 1.82 bits per heavy atom. The fourth-order valence-corrected chi connectivity index (χ4v) is 4.36. The number of hydrogen-bond acceptors (Lipinski definition) is 2. The maximum atomic E-state index is 5.87. The molecule has 0 aromatic heterocycles. The second-order valence-electron chi connectivity index (χ2n) is 4.98. The van der Waals surface area contributed by atoms with Crippen molar-refractivity contribution in [3.63, 3.8) is 0 Å². The molecule has 1 aromatic rings. The average Bonchev–Trinajstić information content (AvgIpc) is 2.27. The molecule has 0 aliphatic heterocycles. The third-order valence-corrected chi connectivity index (χ3v) is 4.55. The van der Waals surface area contributed by atoms with Gasteiger partial charge in [0, 0.05) is 0 Å². The molecule has 0 amide bonds. The van der Waals surface area contributed by atoms with Gasteiger partial charge in [0.05, 0.1) is 6.23 Å². The van der Waals surface area contributed by atoms with Gasteiger partial charge in [0.1, 0.15) is 5.75 Å². The Labute approximate surface area is 107 Å². The van der Waals surface area contributed by atoms with Crippen molar-refractivity contribution in [2.24, 2.45) is 0 Å². The van der Waals surface area contributed by atoms with E-state index in [1.807, 2.05) is 30.3 Å². The third-order valence-electron chi connectivity index (χ3n) is 2.12. The Hall–Kier alpha value is -0.846. The highest BCUT2D eigenvalue weighted by Gasteiger charge is 2.18. The molecule has 0 N–H and O–H groups in total. The second kappa shape index (κ2) is 6.19. The van der Waals surface area contributed by atoms with Gasteiger partial charge in [0.25, 0.3) is 0 Å². The van der Waals surface area contributed by atoms with Gasteiger partial charge in [0.15, 0.2) is 8.32 Å². The Bertz CT molecular complexity index is 355. The summed E-state index contributed by atoms with van der Waals surface area (Å²) >= 11 is 0. The maximum absolute atomic E-state index is 5.87. The molecule has 0 atom stereocenters. The maximum Gasteiger partial charge on any atom is 0.303 e. The Morgan fingerprint density at radius 3 is 2.29 bits per heavy atom. The smallest absolute Gasteiger partial charge is 0.303 e. The SMILES string of the molecule is C=Cc1ccc(O[Si](C)CO[Si](C)(C)C)cc1. The van der Waals surface area contributed by atoms with E-state index in [-0.39, 0.29) is 0 Å². The molecule has 0 fully saturated rings. The summed E-state index contributed by atoms with van der Waals surface area (Å²) in [5.74, 6) is 0.922. The first-order valence-corrected chi connectivity index (χ1v) is 11.3. The third kappa shape index (κ3) is 5.86. The van der Waals surface area contributed by atoms with Crippen LogP contribution in [0, 0.1) is 0 Å². The summed E-state index contributed by atoms with van der Waals surface area (Å²) in [6.45, 7) is 12.4. The van der Waals surface area contributed by atoms with E-state index in [1.54, 1.807) is 0 Å². The quantitative estimate of drug-likeness (QED) is 0.730. The predicted molar refractivity (Wildman–Crippen MR) is 78.1 cm³/mol. The van der Waals surface area contributed by atoms with Crippen molar-refractivity contribution < 1.29 is 8.85 Å². The molecular formula is C13H21O2Si2. The average molecular weight is 265 g/mol. The summed E-state index contributed by atoms with van der Waals surface area (Å²) in [5.41, 5.74) is 1.11. The van der Waals surface area contributed by atoms with Crippen molar-refractivity contribution >= 4 is 23.4 Å². The number of benzene rings is 1. The van der Waals surface area contributed by atoms with Gasteiger partial charge in [-0.05, 0) is 43.9 Å². The summed E-state index contributed by atoms with van der Waals surface area (Å²) in [6, 6.07) is 7.99. The van der Waals surface area contributed by atoms with Gasteiger partial charge in [-0.3, -0.25) is 0 Å². The van der Waals surface area contributed by atoms with Gasteiger partial charge < -0.3 is 8.85 Å². The second-order valence-corrected chi connectivity index (χ2v) is 11.4. The Kier molecular flexibility index (Phi) is 5.17. The van der Waals surface area contributed by atoms with Crippen LogP contribution in [-0.2, 0) is 4.43 Å². The van der Waals surface area contributed by atoms with E-state index in [0.717, 1.165) is 17.5 Å². The summed E-state index contributed by atoms with van der Waals surface area (Å²) in [7, 11) is -2.33. The highest BCUT2D eigenvalue weighted by atomic mass is 28.4. The minimum absolute atomic E-state index is 0.754. The topological polar surface area (TPSA) is 18.5 Å². The van der Waals surface area contributed by atoms with Crippen LogP contribution in [0.1, 0.15) is 5.56 Å². The van der Waals surface area contributed by atoms with Crippen LogP contribution in [0.25, 0.3) is 6.08 Å². The van der Waals surface area contributed by atoms with E-state index in [4.69, 9.17) is 8.85 Å². The molecule has 0 aliphatic carbocycles. The van der Waals surface area contributed by atoms with Crippen molar-refractivity contribution in [1.82, 2.24) is 0 Å². The van der Waals surface area contributed by atoms with Gasteiger partial charge in [-0.1, -0.05) is 24.8 Å². The molecule has 0 heterocycles. The summed E-state index contributed by atoms with van der Waals surface area (Å²) in [5, 5.41) is 0. The molecule has 0 spiro atoms. The fourth-order valence-electron chi connectivity index (χ4n) is 1.22. The Balaban J connectivity index is 2.44. The number of rotatable bonds is 6. The minimum atomic E-state index is -1.42. The summed E-state index contributed by atoms with van der Waals surface area (Å²) in [6.07, 6.45) is 2.58. The van der Waals surface area contributed by atoms with E-state index in [1.165, 1.54) is 0 Å². The molecule has 4 heteroatoms. The molecule has 1 rings (SSSR count).